The molecule has 0 saturated heterocycles. The normalized spacial score (nSPS) is 10.9. The van der Waals surface area contributed by atoms with E-state index in [9.17, 15) is 9.59 Å². The van der Waals surface area contributed by atoms with Crippen LogP contribution in [0.2, 0.25) is 0 Å². The molecular weight excluding hydrogens is 356 g/mol. The van der Waals surface area contributed by atoms with Gasteiger partial charge in [-0.15, -0.1) is 11.3 Å². The number of carbonyl (C=O) groups is 2. The number of carboxylic acids is 2. The third-order valence-corrected chi connectivity index (χ3v) is 3.65. The van der Waals surface area contributed by atoms with Crippen molar-refractivity contribution >= 4 is 52.8 Å². The monoisotopic (exact) mass is 374 g/mol. The number of carboxylic acid groups (broad SMARTS) is 2. The van der Waals surface area contributed by atoms with Gasteiger partial charge >= 0.3 is 11.9 Å². The lowest BCUT2D eigenvalue weighted by Gasteiger charge is -1.94. The van der Waals surface area contributed by atoms with Crippen LogP contribution in [0.3, 0.4) is 0 Å². The molecule has 0 aliphatic rings. The van der Waals surface area contributed by atoms with Gasteiger partial charge in [0.2, 0.25) is 5.13 Å². The van der Waals surface area contributed by atoms with E-state index >= 15 is 0 Å². The van der Waals surface area contributed by atoms with E-state index in [0.717, 1.165) is 23.7 Å². The van der Waals surface area contributed by atoms with Crippen molar-refractivity contribution < 1.29 is 19.8 Å². The highest BCUT2D eigenvalue weighted by atomic mass is 32.2. The number of thioether (sulfide) groups is 1. The van der Waals surface area contributed by atoms with Crippen molar-refractivity contribution in [2.45, 2.75) is 5.75 Å². The Morgan fingerprint density at radius 2 is 2.04 bits per heavy atom. The van der Waals surface area contributed by atoms with Gasteiger partial charge in [0.15, 0.2) is 0 Å². The third kappa shape index (κ3) is 13.2. The summed E-state index contributed by atoms with van der Waals surface area (Å²) in [6, 6.07) is 0. The van der Waals surface area contributed by atoms with Crippen molar-refractivity contribution in [3.8, 4) is 0 Å². The summed E-state index contributed by atoms with van der Waals surface area (Å²) in [5.41, 5.74) is 8.49. The molecule has 0 fully saturated rings. The maximum Gasteiger partial charge on any atom is 0.328 e. The second-order valence-electron chi connectivity index (χ2n) is 3.66. The number of hydrogen-bond acceptors (Lipinski definition) is 8. The molecule has 1 aromatic rings. The highest BCUT2D eigenvalue weighted by Crippen LogP contribution is 2.21. The Labute approximate surface area is 146 Å². The van der Waals surface area contributed by atoms with E-state index in [4.69, 9.17) is 21.8 Å². The van der Waals surface area contributed by atoms with Crippen molar-refractivity contribution in [3.05, 3.63) is 23.2 Å². The minimum absolute atomic E-state index is 0.558. The lowest BCUT2D eigenvalue weighted by Crippen LogP contribution is -2.18. The van der Waals surface area contributed by atoms with Gasteiger partial charge in [0.25, 0.3) is 0 Å². The topological polar surface area (TPSA) is 176 Å². The number of nitrogens with one attached hydrogen (secondary N) is 1. The Morgan fingerprint density at radius 3 is 2.58 bits per heavy atom. The zero-order valence-corrected chi connectivity index (χ0v) is 14.2. The van der Waals surface area contributed by atoms with E-state index in [1.165, 1.54) is 24.0 Å². The highest BCUT2D eigenvalue weighted by Gasteiger charge is 1.99. The van der Waals surface area contributed by atoms with Crippen LogP contribution in [0, 0.1) is 0 Å². The molecule has 1 aromatic heterocycles. The number of hydrogen-bond donors (Lipinski definition) is 5. The first-order chi connectivity index (χ1) is 11.5. The Balaban J connectivity index is 0.000000561. The molecule has 0 unspecified atom stereocenters. The van der Waals surface area contributed by atoms with Gasteiger partial charge in [0, 0.05) is 35.6 Å². The van der Waals surface area contributed by atoms with E-state index in [1.54, 1.807) is 11.8 Å². The van der Waals surface area contributed by atoms with Crippen molar-refractivity contribution in [1.29, 1.82) is 0 Å². The molecule has 0 aliphatic carbocycles. The number of thiazole rings is 1. The molecule has 24 heavy (non-hydrogen) atoms. The second kappa shape index (κ2) is 14.2. The van der Waals surface area contributed by atoms with Crippen molar-refractivity contribution in [2.75, 3.05) is 12.3 Å². The van der Waals surface area contributed by atoms with Crippen LogP contribution in [-0.2, 0) is 15.3 Å². The molecule has 132 valence electrons. The molecule has 0 radical (unpaired) electrons. The molecule has 12 heteroatoms. The van der Waals surface area contributed by atoms with Crippen LogP contribution in [0.4, 0.5) is 5.13 Å². The summed E-state index contributed by atoms with van der Waals surface area (Å²) in [6.45, 7) is 0.743. The quantitative estimate of drug-likeness (QED) is 0.101. The number of rotatable bonds is 9. The van der Waals surface area contributed by atoms with Gasteiger partial charge in [-0.3, -0.25) is 4.99 Å². The average molecular weight is 374 g/mol. The number of aromatic nitrogens is 1. The fourth-order valence-corrected chi connectivity index (χ4v) is 2.53. The summed E-state index contributed by atoms with van der Waals surface area (Å²) < 4.78 is 0. The van der Waals surface area contributed by atoms with Gasteiger partial charge in [-0.1, -0.05) is 0 Å². The van der Waals surface area contributed by atoms with E-state index in [2.05, 4.69) is 20.4 Å². The van der Waals surface area contributed by atoms with Gasteiger partial charge in [-0.25, -0.2) is 25.4 Å². The first-order valence-electron chi connectivity index (χ1n) is 6.34. The molecule has 0 bridgehead atoms. The van der Waals surface area contributed by atoms with Crippen molar-refractivity contribution in [2.24, 2.45) is 21.6 Å². The predicted octanol–water partition coefficient (Wildman–Crippen LogP) is 0.198. The number of hydrazine groups is 1. The Morgan fingerprint density at radius 1 is 1.38 bits per heavy atom. The summed E-state index contributed by atoms with van der Waals surface area (Å²) in [7, 11) is 0. The minimum atomic E-state index is -1.26. The van der Waals surface area contributed by atoms with E-state index < -0.39 is 11.9 Å². The number of nitrogens with zero attached hydrogens (tertiary/aromatic N) is 3. The summed E-state index contributed by atoms with van der Waals surface area (Å²) in [6.07, 6.45) is 3.85. The lowest BCUT2D eigenvalue weighted by molar-refractivity contribution is -0.134. The average Bonchev–Trinajstić information content (AvgIpc) is 2.99. The summed E-state index contributed by atoms with van der Waals surface area (Å²) >= 11 is 3.26. The molecule has 0 amide bonds. The van der Waals surface area contributed by atoms with Gasteiger partial charge in [-0.2, -0.15) is 11.8 Å². The zero-order valence-electron chi connectivity index (χ0n) is 12.5. The minimum Gasteiger partial charge on any atom is -0.478 e. The predicted molar refractivity (Wildman–Crippen MR) is 95.7 cm³/mol. The molecule has 7 N–H and O–H groups in total. The van der Waals surface area contributed by atoms with Gasteiger partial charge in [0.05, 0.1) is 12.0 Å². The third-order valence-electron chi connectivity index (χ3n) is 1.88. The summed E-state index contributed by atoms with van der Waals surface area (Å²) in [5.74, 6) is 4.35. The smallest absolute Gasteiger partial charge is 0.328 e. The van der Waals surface area contributed by atoms with Gasteiger partial charge < -0.3 is 21.4 Å². The number of aliphatic carboxylic acids is 2. The highest BCUT2D eigenvalue weighted by molar-refractivity contribution is 7.98. The SMILES string of the molecule is NC=NCCSCc1csc(N=CNN)n1.O=C(O)C=CC(=O)O. The van der Waals surface area contributed by atoms with Crippen molar-refractivity contribution in [3.63, 3.8) is 0 Å². The van der Waals surface area contributed by atoms with Gasteiger partial charge in [0.1, 0.15) is 6.34 Å². The van der Waals surface area contributed by atoms with Crippen molar-refractivity contribution in [1.82, 2.24) is 10.4 Å². The van der Waals surface area contributed by atoms with Crippen LogP contribution in [0.15, 0.2) is 27.5 Å². The summed E-state index contributed by atoms with van der Waals surface area (Å²) in [5, 5.41) is 18.3. The Hall–Kier alpha value is -2.44. The largest absolute Gasteiger partial charge is 0.478 e. The van der Waals surface area contributed by atoms with Crippen LogP contribution in [0.25, 0.3) is 0 Å². The summed E-state index contributed by atoms with van der Waals surface area (Å²) in [4.78, 5) is 31.3. The Kier molecular flexibility index (Phi) is 12.7. The number of nitrogens with two attached hydrogens (primary N) is 2. The molecule has 0 saturated carbocycles. The molecule has 0 aliphatic heterocycles. The van der Waals surface area contributed by atoms with Crippen LogP contribution < -0.4 is 17.0 Å². The Bertz CT molecular complexity index is 572. The molecule has 0 aromatic carbocycles. The molecule has 0 atom stereocenters. The molecule has 0 spiro atoms. The molecular formula is C12H18N6O4S2. The first-order valence-corrected chi connectivity index (χ1v) is 8.37. The molecule has 1 rings (SSSR count). The maximum absolute atomic E-state index is 9.55. The van der Waals surface area contributed by atoms with Crippen LogP contribution in [0.5, 0.6) is 0 Å². The van der Waals surface area contributed by atoms with Gasteiger partial charge in [-0.05, 0) is 0 Å². The van der Waals surface area contributed by atoms with Crippen LogP contribution in [0.1, 0.15) is 5.69 Å². The second-order valence-corrected chi connectivity index (χ2v) is 5.61. The lowest BCUT2D eigenvalue weighted by atomic mass is 10.5. The maximum atomic E-state index is 9.55. The fourth-order valence-electron chi connectivity index (χ4n) is 1.03. The molecule has 10 nitrogen and oxygen atoms in total. The number of aliphatic imine (C=N–C) groups is 2. The van der Waals surface area contributed by atoms with E-state index in [0.29, 0.717) is 17.3 Å². The fraction of sp³-hybridized carbons (Fsp3) is 0.250. The first kappa shape index (κ1) is 21.6. The zero-order chi connectivity index (χ0) is 18.2. The van der Waals surface area contributed by atoms with E-state index in [1.807, 2.05) is 5.38 Å². The standard InChI is InChI=1S/C8H14N6S2.C4H4O4/c9-5-11-1-2-15-3-7-4-16-8(14-7)12-6-13-10;5-3(6)1-2-4(7)8/h4-6H,1-3,10H2,(H2,9,11)(H,12,13,14);1-2H,(H,5,6)(H,7,8). The van der Waals surface area contributed by atoms with Crippen LogP contribution >= 0.6 is 23.1 Å². The van der Waals surface area contributed by atoms with Crippen LogP contribution in [-0.4, -0.2) is 52.1 Å². The van der Waals surface area contributed by atoms with E-state index in [-0.39, 0.29) is 0 Å². The molecule has 1 heterocycles.